The van der Waals surface area contributed by atoms with Crippen molar-refractivity contribution in [3.8, 4) is 17.2 Å². The first-order valence-corrected chi connectivity index (χ1v) is 12.2. The molecule has 0 saturated heterocycles. The number of nitrogens with zero attached hydrogens (tertiary/aromatic N) is 2. The van der Waals surface area contributed by atoms with Crippen molar-refractivity contribution < 1.29 is 14.2 Å². The Hall–Kier alpha value is -4.11. The summed E-state index contributed by atoms with van der Waals surface area (Å²) in [5.41, 5.74) is 3.29. The van der Waals surface area contributed by atoms with Gasteiger partial charge in [-0.15, -0.1) is 0 Å². The highest BCUT2D eigenvalue weighted by Crippen LogP contribution is 2.27. The molecule has 0 fully saturated rings. The number of rotatable bonds is 10. The van der Waals surface area contributed by atoms with Gasteiger partial charge in [-0.2, -0.15) is 0 Å². The molecule has 0 spiro atoms. The first-order valence-electron chi connectivity index (χ1n) is 11.8. The maximum atomic E-state index is 12.9. The molecular weight excluding hydrogens is 488 g/mol. The summed E-state index contributed by atoms with van der Waals surface area (Å²) in [5.74, 6) is 2.11. The first-order chi connectivity index (χ1) is 18.0. The van der Waals surface area contributed by atoms with Gasteiger partial charge in [-0.25, -0.2) is 0 Å². The topological polar surface area (TPSA) is 88.7 Å². The van der Waals surface area contributed by atoms with E-state index in [2.05, 4.69) is 15.3 Å². The molecule has 0 amide bonds. The number of thiocarbonyl (C=S) groups is 1. The summed E-state index contributed by atoms with van der Waals surface area (Å²) in [6, 6.07) is 17.2. The van der Waals surface area contributed by atoms with E-state index in [0.717, 1.165) is 34.2 Å². The first kappa shape index (κ1) is 26.0. The van der Waals surface area contributed by atoms with Crippen LogP contribution in [-0.4, -0.2) is 47.9 Å². The average molecular weight is 519 g/mol. The molecule has 4 rings (SSSR count). The van der Waals surface area contributed by atoms with Crippen LogP contribution in [0.3, 0.4) is 0 Å². The van der Waals surface area contributed by atoms with Gasteiger partial charge in [0.1, 0.15) is 5.75 Å². The van der Waals surface area contributed by atoms with Crippen LogP contribution < -0.4 is 25.1 Å². The van der Waals surface area contributed by atoms with Crippen molar-refractivity contribution in [3.63, 3.8) is 0 Å². The third-order valence-electron chi connectivity index (χ3n) is 6.01. The highest BCUT2D eigenvalue weighted by Gasteiger charge is 2.15. The zero-order valence-electron chi connectivity index (χ0n) is 21.1. The Kier molecular flexibility index (Phi) is 8.58. The molecule has 2 heterocycles. The minimum absolute atomic E-state index is 0.151. The van der Waals surface area contributed by atoms with Gasteiger partial charge in [0.25, 0.3) is 5.56 Å². The second-order valence-corrected chi connectivity index (χ2v) is 8.85. The van der Waals surface area contributed by atoms with Gasteiger partial charge in [-0.05, 0) is 72.2 Å². The van der Waals surface area contributed by atoms with Crippen LogP contribution in [-0.2, 0) is 19.5 Å². The molecule has 8 nitrogen and oxygen atoms in total. The summed E-state index contributed by atoms with van der Waals surface area (Å²) in [7, 11) is 4.86. The van der Waals surface area contributed by atoms with Gasteiger partial charge in [0, 0.05) is 41.9 Å². The summed E-state index contributed by atoms with van der Waals surface area (Å²) in [6.07, 6.45) is 4.27. The number of fused-ring (bicyclic) bond motifs is 1. The van der Waals surface area contributed by atoms with E-state index in [9.17, 15) is 4.79 Å². The zero-order chi connectivity index (χ0) is 26.2. The van der Waals surface area contributed by atoms with Crippen molar-refractivity contribution in [1.82, 2.24) is 20.2 Å². The third kappa shape index (κ3) is 6.56. The van der Waals surface area contributed by atoms with Crippen molar-refractivity contribution in [2.75, 3.05) is 27.9 Å². The molecule has 0 unspecified atom stereocenters. The lowest BCUT2D eigenvalue weighted by atomic mass is 10.1. The lowest BCUT2D eigenvalue weighted by Crippen LogP contribution is -2.40. The molecule has 0 aliphatic rings. The highest BCUT2D eigenvalue weighted by molar-refractivity contribution is 7.80. The van der Waals surface area contributed by atoms with Crippen LogP contribution in [0.2, 0.25) is 0 Å². The third-order valence-corrected chi connectivity index (χ3v) is 6.41. The van der Waals surface area contributed by atoms with Crippen molar-refractivity contribution in [3.05, 3.63) is 94.0 Å². The Morgan fingerprint density at radius 3 is 2.54 bits per heavy atom. The zero-order valence-corrected chi connectivity index (χ0v) is 21.9. The summed E-state index contributed by atoms with van der Waals surface area (Å²) in [5, 5.41) is 4.79. The number of ether oxygens (including phenoxy) is 3. The molecule has 0 bridgehead atoms. The molecule has 2 aromatic heterocycles. The van der Waals surface area contributed by atoms with Crippen molar-refractivity contribution in [2.24, 2.45) is 0 Å². The van der Waals surface area contributed by atoms with Crippen LogP contribution in [0.5, 0.6) is 17.2 Å². The van der Waals surface area contributed by atoms with Crippen molar-refractivity contribution in [2.45, 2.75) is 19.5 Å². The summed E-state index contributed by atoms with van der Waals surface area (Å²) >= 11 is 5.77. The summed E-state index contributed by atoms with van der Waals surface area (Å²) in [6.45, 7) is 1.45. The molecule has 37 heavy (non-hydrogen) atoms. The fourth-order valence-electron chi connectivity index (χ4n) is 4.05. The maximum absolute atomic E-state index is 12.9. The minimum atomic E-state index is -0.151. The van der Waals surface area contributed by atoms with Gasteiger partial charge in [0.05, 0.1) is 27.9 Å². The number of aromatic nitrogens is 2. The number of methoxy groups -OCH3 is 3. The number of benzene rings is 2. The number of H-pyrrole nitrogens is 1. The van der Waals surface area contributed by atoms with E-state index in [4.69, 9.17) is 26.4 Å². The maximum Gasteiger partial charge on any atom is 0.253 e. The molecule has 0 atom stereocenters. The number of aromatic amines is 1. The Morgan fingerprint density at radius 1 is 0.973 bits per heavy atom. The molecule has 9 heteroatoms. The van der Waals surface area contributed by atoms with Gasteiger partial charge < -0.3 is 29.4 Å². The van der Waals surface area contributed by atoms with E-state index < -0.39 is 0 Å². The van der Waals surface area contributed by atoms with Crippen molar-refractivity contribution in [1.29, 1.82) is 0 Å². The van der Waals surface area contributed by atoms with Crippen LogP contribution in [0.15, 0.2) is 71.8 Å². The van der Waals surface area contributed by atoms with Crippen LogP contribution in [0.4, 0.5) is 0 Å². The summed E-state index contributed by atoms with van der Waals surface area (Å²) < 4.78 is 16.1. The lowest BCUT2D eigenvalue weighted by Gasteiger charge is -2.26. The molecule has 0 saturated carbocycles. The Labute approximate surface area is 221 Å². The van der Waals surface area contributed by atoms with Gasteiger partial charge in [0.2, 0.25) is 0 Å². The van der Waals surface area contributed by atoms with Crippen molar-refractivity contribution >= 4 is 28.2 Å². The second kappa shape index (κ2) is 12.2. The van der Waals surface area contributed by atoms with Crippen LogP contribution in [0.25, 0.3) is 10.9 Å². The molecular formula is C28H30N4O4S. The smallest absolute Gasteiger partial charge is 0.253 e. The number of pyridine rings is 2. The van der Waals surface area contributed by atoms with Gasteiger partial charge in [0.15, 0.2) is 16.6 Å². The largest absolute Gasteiger partial charge is 0.497 e. The molecule has 0 aliphatic heterocycles. The molecule has 4 aromatic rings. The van der Waals surface area contributed by atoms with Gasteiger partial charge >= 0.3 is 0 Å². The quantitative estimate of drug-likeness (QED) is 0.304. The fourth-order valence-corrected chi connectivity index (χ4v) is 4.28. The average Bonchev–Trinajstić information content (AvgIpc) is 2.93. The van der Waals surface area contributed by atoms with Gasteiger partial charge in [-0.3, -0.25) is 9.78 Å². The highest BCUT2D eigenvalue weighted by atomic mass is 32.1. The Bertz CT molecular complexity index is 1430. The normalized spacial score (nSPS) is 10.7. The van der Waals surface area contributed by atoms with E-state index >= 15 is 0 Å². The fraction of sp³-hybridized carbons (Fsp3) is 0.250. The Morgan fingerprint density at radius 2 is 1.81 bits per heavy atom. The molecule has 2 aromatic carbocycles. The van der Waals surface area contributed by atoms with E-state index in [1.54, 1.807) is 33.7 Å². The van der Waals surface area contributed by atoms with E-state index in [1.165, 1.54) is 0 Å². The monoisotopic (exact) mass is 518 g/mol. The van der Waals surface area contributed by atoms with E-state index in [-0.39, 0.29) is 5.56 Å². The molecule has 2 N–H and O–H groups in total. The number of hydrogen-bond donors (Lipinski definition) is 2. The number of nitrogens with one attached hydrogen (secondary N) is 2. The van der Waals surface area contributed by atoms with Gasteiger partial charge in [-0.1, -0.05) is 12.1 Å². The minimum Gasteiger partial charge on any atom is -0.497 e. The predicted molar refractivity (Wildman–Crippen MR) is 148 cm³/mol. The molecule has 0 radical (unpaired) electrons. The number of hydrogen-bond acceptors (Lipinski definition) is 6. The SMILES string of the molecule is COc1ccc2[nH]c(=O)c(CN(Cc3cccnc3)C(=S)NCCc3ccc(OC)c(OC)c3)cc2c1. The van der Waals surface area contributed by atoms with E-state index in [0.29, 0.717) is 41.8 Å². The predicted octanol–water partition coefficient (Wildman–Crippen LogP) is 4.07. The van der Waals surface area contributed by atoms with Crippen LogP contribution in [0, 0.1) is 0 Å². The molecule has 0 aliphatic carbocycles. The van der Waals surface area contributed by atoms with Crippen LogP contribution in [0.1, 0.15) is 16.7 Å². The summed E-state index contributed by atoms with van der Waals surface area (Å²) in [4.78, 5) is 22.1. The Balaban J connectivity index is 1.51. The second-order valence-electron chi connectivity index (χ2n) is 8.47. The standard InChI is InChI=1S/C28H30N4O4S/c1-34-23-7-8-24-21(15-23)14-22(27(33)31-24)18-32(17-20-5-4-11-29-16-20)28(37)30-12-10-19-6-9-25(35-2)26(13-19)36-3/h4-9,11,13-16H,10,12,17-18H2,1-3H3,(H,30,37)(H,31,33). The van der Waals surface area contributed by atoms with E-state index in [1.807, 2.05) is 59.5 Å². The lowest BCUT2D eigenvalue weighted by molar-refractivity contribution is 0.354. The molecule has 192 valence electrons. The van der Waals surface area contributed by atoms with Crippen LogP contribution >= 0.6 is 12.2 Å².